The second kappa shape index (κ2) is 6.42. The van der Waals surface area contributed by atoms with Gasteiger partial charge in [0.15, 0.2) is 0 Å². The normalized spacial score (nSPS) is 12.4. The molecule has 0 aromatic heterocycles. The monoisotopic (exact) mass is 406 g/mol. The fourth-order valence-electron chi connectivity index (χ4n) is 1.74. The van der Waals surface area contributed by atoms with Crippen LogP contribution in [0.1, 0.15) is 16.5 Å². The zero-order chi connectivity index (χ0) is 13.1. The molecule has 0 saturated heterocycles. The van der Waals surface area contributed by atoms with Gasteiger partial charge in [-0.2, -0.15) is 0 Å². The first-order valence-electron chi connectivity index (χ1n) is 5.39. The molecule has 0 spiro atoms. The Morgan fingerprint density at radius 3 is 2.28 bits per heavy atom. The third kappa shape index (κ3) is 3.99. The molecular formula is C14H10Br2Cl2. The predicted molar refractivity (Wildman–Crippen MR) is 85.6 cm³/mol. The fraction of sp³-hybridized carbons (Fsp3) is 0.143. The van der Waals surface area contributed by atoms with Crippen LogP contribution in [0.25, 0.3) is 0 Å². The summed E-state index contributed by atoms with van der Waals surface area (Å²) in [4.78, 5) is 0. The van der Waals surface area contributed by atoms with Gasteiger partial charge in [-0.25, -0.2) is 0 Å². The minimum Gasteiger partial charge on any atom is -0.117 e. The molecule has 2 rings (SSSR count). The van der Waals surface area contributed by atoms with E-state index in [9.17, 15) is 0 Å². The van der Waals surface area contributed by atoms with Crippen LogP contribution in [0, 0.1) is 0 Å². The van der Waals surface area contributed by atoms with E-state index >= 15 is 0 Å². The summed E-state index contributed by atoms with van der Waals surface area (Å²) in [6.45, 7) is 0. The van der Waals surface area contributed by atoms with Crippen molar-refractivity contribution in [3.63, 3.8) is 0 Å². The molecule has 2 aromatic rings. The maximum atomic E-state index is 6.45. The third-order valence-corrected chi connectivity index (χ3v) is 4.11. The number of halogens is 4. The summed E-state index contributed by atoms with van der Waals surface area (Å²) >= 11 is 19.4. The molecule has 0 saturated carbocycles. The highest BCUT2D eigenvalue weighted by atomic mass is 79.9. The van der Waals surface area contributed by atoms with Gasteiger partial charge in [-0.3, -0.25) is 0 Å². The van der Waals surface area contributed by atoms with Gasteiger partial charge >= 0.3 is 0 Å². The molecule has 0 nitrogen and oxygen atoms in total. The highest BCUT2D eigenvalue weighted by Crippen LogP contribution is 2.30. The molecular weight excluding hydrogens is 399 g/mol. The Bertz CT molecular complexity index is 535. The number of hydrogen-bond donors (Lipinski definition) is 0. The Hall–Kier alpha value is -0.0200. The van der Waals surface area contributed by atoms with Gasteiger partial charge < -0.3 is 0 Å². The van der Waals surface area contributed by atoms with Crippen LogP contribution < -0.4 is 0 Å². The summed E-state index contributed by atoms with van der Waals surface area (Å²) in [5, 5.41) is 0.670. The summed E-state index contributed by atoms with van der Waals surface area (Å²) in [7, 11) is 0. The van der Waals surface area contributed by atoms with E-state index in [1.165, 1.54) is 0 Å². The number of alkyl halides is 1. The maximum absolute atomic E-state index is 6.45. The minimum atomic E-state index is -0.0720. The second-order valence-corrected chi connectivity index (χ2v) is 6.80. The summed E-state index contributed by atoms with van der Waals surface area (Å²) in [5.74, 6) is 0. The van der Waals surface area contributed by atoms with Crippen LogP contribution in [0.4, 0.5) is 0 Å². The molecule has 18 heavy (non-hydrogen) atoms. The quantitative estimate of drug-likeness (QED) is 0.516. The summed E-state index contributed by atoms with van der Waals surface area (Å²) in [5.41, 5.74) is 2.22. The van der Waals surface area contributed by atoms with Gasteiger partial charge in [-0.1, -0.05) is 55.6 Å². The van der Waals surface area contributed by atoms with Gasteiger partial charge in [0.1, 0.15) is 0 Å². The number of hydrogen-bond acceptors (Lipinski definition) is 0. The zero-order valence-corrected chi connectivity index (χ0v) is 14.0. The lowest BCUT2D eigenvalue weighted by Crippen LogP contribution is -1.96. The van der Waals surface area contributed by atoms with Crippen molar-refractivity contribution < 1.29 is 0 Å². The van der Waals surface area contributed by atoms with Crippen molar-refractivity contribution >= 4 is 55.1 Å². The highest BCUT2D eigenvalue weighted by Gasteiger charge is 2.10. The molecule has 0 N–H and O–H groups in total. The molecule has 2 aromatic carbocycles. The molecule has 0 amide bonds. The molecule has 0 aliphatic rings. The second-order valence-electron chi connectivity index (χ2n) is 4.00. The van der Waals surface area contributed by atoms with Crippen molar-refractivity contribution in [2.75, 3.05) is 0 Å². The first-order chi connectivity index (χ1) is 8.54. The molecule has 0 bridgehead atoms. The molecule has 0 radical (unpaired) electrons. The lowest BCUT2D eigenvalue weighted by Gasteiger charge is -2.11. The Kier molecular flexibility index (Phi) is 5.14. The average Bonchev–Trinajstić information content (AvgIpc) is 2.27. The molecule has 0 aliphatic heterocycles. The predicted octanol–water partition coefficient (Wildman–Crippen LogP) is 6.39. The summed E-state index contributed by atoms with van der Waals surface area (Å²) < 4.78 is 2.03. The van der Waals surface area contributed by atoms with Gasteiger partial charge in [-0.15, -0.1) is 11.6 Å². The van der Waals surface area contributed by atoms with Crippen molar-refractivity contribution in [2.45, 2.75) is 11.8 Å². The van der Waals surface area contributed by atoms with E-state index in [-0.39, 0.29) is 5.38 Å². The number of rotatable bonds is 3. The molecule has 0 heterocycles. The minimum absolute atomic E-state index is 0.0720. The lowest BCUT2D eigenvalue weighted by atomic mass is 10.0. The molecule has 0 aliphatic carbocycles. The highest BCUT2D eigenvalue weighted by molar-refractivity contribution is 9.11. The Morgan fingerprint density at radius 1 is 1.00 bits per heavy atom. The third-order valence-electron chi connectivity index (χ3n) is 2.55. The van der Waals surface area contributed by atoms with Crippen molar-refractivity contribution in [2.24, 2.45) is 0 Å². The zero-order valence-electron chi connectivity index (χ0n) is 9.34. The van der Waals surface area contributed by atoms with Crippen LogP contribution in [-0.2, 0) is 6.42 Å². The topological polar surface area (TPSA) is 0 Å². The summed E-state index contributed by atoms with van der Waals surface area (Å²) in [6.07, 6.45) is 0.755. The molecule has 4 heteroatoms. The van der Waals surface area contributed by atoms with Crippen LogP contribution in [0.15, 0.2) is 51.4 Å². The van der Waals surface area contributed by atoms with Gasteiger partial charge in [-0.05, 0) is 47.9 Å². The van der Waals surface area contributed by atoms with E-state index in [0.29, 0.717) is 0 Å². The maximum Gasteiger partial charge on any atom is 0.0626 e. The van der Waals surface area contributed by atoms with Crippen LogP contribution in [-0.4, -0.2) is 0 Å². The molecule has 1 atom stereocenters. The summed E-state index contributed by atoms with van der Waals surface area (Å²) in [6, 6.07) is 13.9. The SMILES string of the molecule is Clc1cccc(CC(Cl)c2cc(Br)cc(Br)c2)c1. The van der Waals surface area contributed by atoms with Gasteiger partial charge in [0.2, 0.25) is 0 Å². The number of benzene rings is 2. The molecule has 94 valence electrons. The Morgan fingerprint density at radius 2 is 1.67 bits per heavy atom. The van der Waals surface area contributed by atoms with Crippen molar-refractivity contribution in [3.05, 3.63) is 67.6 Å². The first kappa shape index (κ1) is 14.4. The van der Waals surface area contributed by atoms with E-state index in [1.807, 2.05) is 42.5 Å². The standard InChI is InChI=1S/C14H10Br2Cl2/c15-11-6-10(7-12(16)8-11)14(18)5-9-2-1-3-13(17)4-9/h1-4,6-8,14H,5H2. The molecule has 1 unspecified atom stereocenters. The van der Waals surface area contributed by atoms with Crippen molar-refractivity contribution in [1.29, 1.82) is 0 Å². The van der Waals surface area contributed by atoms with Gasteiger partial charge in [0.25, 0.3) is 0 Å². The van der Waals surface area contributed by atoms with E-state index in [2.05, 4.69) is 31.9 Å². The van der Waals surface area contributed by atoms with Crippen LogP contribution >= 0.6 is 55.1 Å². The van der Waals surface area contributed by atoms with Crippen molar-refractivity contribution in [1.82, 2.24) is 0 Å². The van der Waals surface area contributed by atoms with Gasteiger partial charge in [0, 0.05) is 14.0 Å². The fourth-order valence-corrected chi connectivity index (χ4v) is 3.59. The van der Waals surface area contributed by atoms with Crippen LogP contribution in [0.2, 0.25) is 5.02 Å². The average molecular weight is 409 g/mol. The smallest absolute Gasteiger partial charge is 0.0626 e. The largest absolute Gasteiger partial charge is 0.117 e. The van der Waals surface area contributed by atoms with Crippen molar-refractivity contribution in [3.8, 4) is 0 Å². The van der Waals surface area contributed by atoms with Gasteiger partial charge in [0.05, 0.1) is 5.38 Å². The molecule has 0 fully saturated rings. The van der Waals surface area contributed by atoms with E-state index in [1.54, 1.807) is 0 Å². The first-order valence-corrected chi connectivity index (χ1v) is 7.79. The van der Waals surface area contributed by atoms with Crippen LogP contribution in [0.3, 0.4) is 0 Å². The van der Waals surface area contributed by atoms with E-state index in [0.717, 1.165) is 31.5 Å². The van der Waals surface area contributed by atoms with Crippen LogP contribution in [0.5, 0.6) is 0 Å². The Labute approximate surface area is 134 Å². The van der Waals surface area contributed by atoms with E-state index < -0.39 is 0 Å². The Balaban J connectivity index is 2.19. The lowest BCUT2D eigenvalue weighted by molar-refractivity contribution is 0.918. The van der Waals surface area contributed by atoms with E-state index in [4.69, 9.17) is 23.2 Å².